The number of pyridine rings is 1. The van der Waals surface area contributed by atoms with Crippen molar-refractivity contribution in [2.24, 2.45) is 0 Å². The molecule has 3 aromatic rings. The van der Waals surface area contributed by atoms with Crippen molar-refractivity contribution < 1.29 is 4.79 Å². The standard InChI is InChI=1S/C17H14N4O/c1-12(22)13-4-6-15(7-5-13)20-16-8-10-19-17(21-16)14-3-2-9-18-11-14/h2-11H,1H3,(H,19,20,21). The van der Waals surface area contributed by atoms with Gasteiger partial charge in [-0.3, -0.25) is 9.78 Å². The van der Waals surface area contributed by atoms with E-state index in [2.05, 4.69) is 20.3 Å². The minimum Gasteiger partial charge on any atom is -0.340 e. The number of hydrogen-bond donors (Lipinski definition) is 1. The first kappa shape index (κ1) is 13.9. The molecular weight excluding hydrogens is 276 g/mol. The summed E-state index contributed by atoms with van der Waals surface area (Å²) in [6, 6.07) is 12.8. The van der Waals surface area contributed by atoms with Gasteiger partial charge in [0.2, 0.25) is 0 Å². The van der Waals surface area contributed by atoms with Gasteiger partial charge in [0.25, 0.3) is 0 Å². The third kappa shape index (κ3) is 3.15. The van der Waals surface area contributed by atoms with Crippen molar-refractivity contribution in [3.05, 3.63) is 66.6 Å². The van der Waals surface area contributed by atoms with Crippen LogP contribution in [0.4, 0.5) is 11.5 Å². The van der Waals surface area contributed by atoms with Gasteiger partial charge in [-0.2, -0.15) is 0 Å². The molecule has 108 valence electrons. The smallest absolute Gasteiger partial charge is 0.163 e. The van der Waals surface area contributed by atoms with E-state index < -0.39 is 0 Å². The molecule has 0 atom stereocenters. The Hall–Kier alpha value is -3.08. The number of Topliss-reactive ketones (excluding diaryl/α,β-unsaturated/α-hetero) is 1. The van der Waals surface area contributed by atoms with E-state index in [1.54, 1.807) is 43.7 Å². The molecule has 2 aromatic heterocycles. The molecule has 0 aliphatic heterocycles. The predicted octanol–water partition coefficient (Wildman–Crippen LogP) is 3.48. The Morgan fingerprint density at radius 1 is 1.05 bits per heavy atom. The van der Waals surface area contributed by atoms with Crippen LogP contribution in [0.1, 0.15) is 17.3 Å². The van der Waals surface area contributed by atoms with E-state index in [4.69, 9.17) is 0 Å². The summed E-state index contributed by atoms with van der Waals surface area (Å²) in [5.41, 5.74) is 2.41. The molecule has 0 amide bonds. The number of nitrogens with one attached hydrogen (secondary N) is 1. The van der Waals surface area contributed by atoms with Crippen molar-refractivity contribution >= 4 is 17.3 Å². The van der Waals surface area contributed by atoms with E-state index >= 15 is 0 Å². The maximum atomic E-state index is 11.3. The second kappa shape index (κ2) is 6.13. The largest absolute Gasteiger partial charge is 0.340 e. The molecule has 5 heteroatoms. The molecule has 0 radical (unpaired) electrons. The molecule has 1 aromatic carbocycles. The first-order valence-corrected chi connectivity index (χ1v) is 6.84. The van der Waals surface area contributed by atoms with Crippen LogP contribution in [0, 0.1) is 0 Å². The number of rotatable bonds is 4. The first-order valence-electron chi connectivity index (χ1n) is 6.84. The maximum absolute atomic E-state index is 11.3. The van der Waals surface area contributed by atoms with Crippen molar-refractivity contribution in [3.63, 3.8) is 0 Å². The number of hydrogen-bond acceptors (Lipinski definition) is 5. The zero-order chi connectivity index (χ0) is 15.4. The van der Waals surface area contributed by atoms with E-state index in [-0.39, 0.29) is 5.78 Å². The first-order chi connectivity index (χ1) is 10.7. The highest BCUT2D eigenvalue weighted by Gasteiger charge is 2.04. The van der Waals surface area contributed by atoms with Gasteiger partial charge in [-0.15, -0.1) is 0 Å². The average molecular weight is 290 g/mol. The second-order valence-corrected chi connectivity index (χ2v) is 4.77. The second-order valence-electron chi connectivity index (χ2n) is 4.77. The lowest BCUT2D eigenvalue weighted by molar-refractivity contribution is 0.101. The fourth-order valence-corrected chi connectivity index (χ4v) is 2.00. The zero-order valence-corrected chi connectivity index (χ0v) is 12.0. The van der Waals surface area contributed by atoms with Gasteiger partial charge in [0.05, 0.1) is 0 Å². The van der Waals surface area contributed by atoms with Gasteiger partial charge in [0.15, 0.2) is 11.6 Å². The van der Waals surface area contributed by atoms with Gasteiger partial charge >= 0.3 is 0 Å². The summed E-state index contributed by atoms with van der Waals surface area (Å²) < 4.78 is 0. The highest BCUT2D eigenvalue weighted by Crippen LogP contribution is 2.18. The summed E-state index contributed by atoms with van der Waals surface area (Å²) in [6.45, 7) is 1.55. The van der Waals surface area contributed by atoms with E-state index in [1.807, 2.05) is 24.3 Å². The summed E-state index contributed by atoms with van der Waals surface area (Å²) in [7, 11) is 0. The van der Waals surface area contributed by atoms with Gasteiger partial charge in [0.1, 0.15) is 5.82 Å². The zero-order valence-electron chi connectivity index (χ0n) is 12.0. The lowest BCUT2D eigenvalue weighted by Gasteiger charge is -2.07. The van der Waals surface area contributed by atoms with Crippen molar-refractivity contribution in [1.29, 1.82) is 0 Å². The molecule has 0 aliphatic carbocycles. The number of nitrogens with zero attached hydrogens (tertiary/aromatic N) is 3. The molecule has 3 rings (SSSR count). The highest BCUT2D eigenvalue weighted by atomic mass is 16.1. The summed E-state index contributed by atoms with van der Waals surface area (Å²) in [4.78, 5) is 24.1. The molecule has 0 saturated heterocycles. The van der Waals surface area contributed by atoms with Gasteiger partial charge < -0.3 is 5.32 Å². The fraction of sp³-hybridized carbons (Fsp3) is 0.0588. The number of anilines is 2. The molecule has 0 bridgehead atoms. The molecule has 5 nitrogen and oxygen atoms in total. The molecule has 0 saturated carbocycles. The quantitative estimate of drug-likeness (QED) is 0.745. The Morgan fingerprint density at radius 2 is 1.86 bits per heavy atom. The van der Waals surface area contributed by atoms with Crippen LogP contribution in [0.2, 0.25) is 0 Å². The van der Waals surface area contributed by atoms with Crippen LogP contribution in [0.25, 0.3) is 11.4 Å². The Balaban J connectivity index is 1.82. The topological polar surface area (TPSA) is 67.8 Å². The van der Waals surface area contributed by atoms with E-state index in [1.165, 1.54) is 0 Å². The molecule has 0 unspecified atom stereocenters. The van der Waals surface area contributed by atoms with Gasteiger partial charge in [-0.25, -0.2) is 9.97 Å². The van der Waals surface area contributed by atoms with E-state index in [0.717, 1.165) is 11.3 Å². The average Bonchev–Trinajstić information content (AvgIpc) is 2.56. The van der Waals surface area contributed by atoms with Crippen LogP contribution >= 0.6 is 0 Å². The molecule has 22 heavy (non-hydrogen) atoms. The SMILES string of the molecule is CC(=O)c1ccc(Nc2ccnc(-c3cccnc3)n2)cc1. The lowest BCUT2D eigenvalue weighted by atomic mass is 10.1. The van der Waals surface area contributed by atoms with Crippen LogP contribution < -0.4 is 5.32 Å². The molecule has 1 N–H and O–H groups in total. The van der Waals surface area contributed by atoms with Crippen molar-refractivity contribution in [1.82, 2.24) is 15.0 Å². The molecule has 0 spiro atoms. The lowest BCUT2D eigenvalue weighted by Crippen LogP contribution is -1.98. The van der Waals surface area contributed by atoms with Crippen LogP contribution in [-0.2, 0) is 0 Å². The number of carbonyl (C=O) groups excluding carboxylic acids is 1. The minimum absolute atomic E-state index is 0.0486. The van der Waals surface area contributed by atoms with Gasteiger partial charge in [-0.05, 0) is 49.4 Å². The van der Waals surface area contributed by atoms with Crippen LogP contribution in [0.5, 0.6) is 0 Å². The summed E-state index contributed by atoms with van der Waals surface area (Å²) >= 11 is 0. The summed E-state index contributed by atoms with van der Waals surface area (Å²) in [6.07, 6.45) is 5.13. The fourth-order valence-electron chi connectivity index (χ4n) is 2.00. The predicted molar refractivity (Wildman–Crippen MR) is 85.0 cm³/mol. The van der Waals surface area contributed by atoms with Crippen LogP contribution in [-0.4, -0.2) is 20.7 Å². The number of carbonyl (C=O) groups is 1. The summed E-state index contributed by atoms with van der Waals surface area (Å²) in [5, 5.41) is 3.20. The molecule has 2 heterocycles. The van der Waals surface area contributed by atoms with Crippen molar-refractivity contribution in [3.8, 4) is 11.4 Å². The maximum Gasteiger partial charge on any atom is 0.163 e. The number of ketones is 1. The Labute approximate surface area is 128 Å². The number of aromatic nitrogens is 3. The van der Waals surface area contributed by atoms with E-state index in [9.17, 15) is 4.79 Å². The third-order valence-electron chi connectivity index (χ3n) is 3.14. The minimum atomic E-state index is 0.0486. The van der Waals surface area contributed by atoms with Crippen LogP contribution in [0.15, 0.2) is 61.1 Å². The summed E-state index contributed by atoms with van der Waals surface area (Å²) in [5.74, 6) is 1.34. The number of benzene rings is 1. The molecule has 0 aliphatic rings. The molecule has 0 fully saturated rings. The molecular formula is C17H14N4O. The van der Waals surface area contributed by atoms with E-state index in [0.29, 0.717) is 17.2 Å². The van der Waals surface area contributed by atoms with Gasteiger partial charge in [0, 0.05) is 35.4 Å². The Kier molecular flexibility index (Phi) is 3.87. The Bertz CT molecular complexity index is 785. The normalized spacial score (nSPS) is 10.2. The van der Waals surface area contributed by atoms with Crippen LogP contribution in [0.3, 0.4) is 0 Å². The van der Waals surface area contributed by atoms with Crippen molar-refractivity contribution in [2.75, 3.05) is 5.32 Å². The third-order valence-corrected chi connectivity index (χ3v) is 3.14. The Morgan fingerprint density at radius 3 is 2.55 bits per heavy atom. The van der Waals surface area contributed by atoms with Crippen molar-refractivity contribution in [2.45, 2.75) is 6.92 Å². The monoisotopic (exact) mass is 290 g/mol. The van der Waals surface area contributed by atoms with Gasteiger partial charge in [-0.1, -0.05) is 0 Å². The highest BCUT2D eigenvalue weighted by molar-refractivity contribution is 5.94.